The van der Waals surface area contributed by atoms with Crippen molar-refractivity contribution in [1.82, 2.24) is 9.97 Å². The Hall–Kier alpha value is -2.12. The van der Waals surface area contributed by atoms with Gasteiger partial charge in [-0.15, -0.1) is 0 Å². The minimum absolute atomic E-state index is 0.395. The highest BCUT2D eigenvalue weighted by Crippen LogP contribution is 2.26. The summed E-state index contributed by atoms with van der Waals surface area (Å²) in [5.41, 5.74) is 2.14. The summed E-state index contributed by atoms with van der Waals surface area (Å²) in [5.74, 6) is 0.480. The standard InChI is InChI=1S/C12H9ClN4/c1-8-10(13)3-2-4-11(8)17-12-9(5-14)6-15-7-16-12/h2-4,6-7H,1H3,(H,15,16,17). The van der Waals surface area contributed by atoms with Crippen molar-refractivity contribution in [2.24, 2.45) is 0 Å². The largest absolute Gasteiger partial charge is 0.339 e. The number of benzene rings is 1. The third kappa shape index (κ3) is 2.35. The molecule has 2 rings (SSSR count). The Bertz CT molecular complexity index is 589. The van der Waals surface area contributed by atoms with Gasteiger partial charge in [-0.1, -0.05) is 17.7 Å². The minimum atomic E-state index is 0.395. The molecule has 0 aliphatic carbocycles. The zero-order valence-electron chi connectivity index (χ0n) is 9.11. The van der Waals surface area contributed by atoms with Gasteiger partial charge in [0.25, 0.3) is 0 Å². The van der Waals surface area contributed by atoms with Crippen LogP contribution in [0.1, 0.15) is 11.1 Å². The lowest BCUT2D eigenvalue weighted by Gasteiger charge is -2.10. The fourth-order valence-corrected chi connectivity index (χ4v) is 1.56. The van der Waals surface area contributed by atoms with Gasteiger partial charge in [-0.25, -0.2) is 9.97 Å². The average molecular weight is 245 g/mol. The van der Waals surface area contributed by atoms with Gasteiger partial charge >= 0.3 is 0 Å². The Morgan fingerprint density at radius 1 is 1.41 bits per heavy atom. The highest BCUT2D eigenvalue weighted by atomic mass is 35.5. The topological polar surface area (TPSA) is 61.6 Å². The lowest BCUT2D eigenvalue weighted by atomic mass is 10.2. The lowest BCUT2D eigenvalue weighted by molar-refractivity contribution is 1.15. The van der Waals surface area contributed by atoms with Crippen molar-refractivity contribution in [2.45, 2.75) is 6.92 Å². The van der Waals surface area contributed by atoms with Crippen LogP contribution in [-0.2, 0) is 0 Å². The number of nitrogens with one attached hydrogen (secondary N) is 1. The number of nitrogens with zero attached hydrogens (tertiary/aromatic N) is 3. The molecule has 4 nitrogen and oxygen atoms in total. The monoisotopic (exact) mass is 244 g/mol. The molecule has 5 heteroatoms. The Labute approximate surface area is 104 Å². The van der Waals surface area contributed by atoms with Crippen molar-refractivity contribution in [3.63, 3.8) is 0 Å². The lowest BCUT2D eigenvalue weighted by Crippen LogP contribution is -1.99. The van der Waals surface area contributed by atoms with Gasteiger partial charge in [0.05, 0.1) is 6.20 Å². The summed E-state index contributed by atoms with van der Waals surface area (Å²) in [7, 11) is 0. The van der Waals surface area contributed by atoms with E-state index in [-0.39, 0.29) is 0 Å². The normalized spacial score (nSPS) is 9.71. The van der Waals surface area contributed by atoms with Crippen LogP contribution in [0.15, 0.2) is 30.7 Å². The highest BCUT2D eigenvalue weighted by Gasteiger charge is 2.06. The summed E-state index contributed by atoms with van der Waals surface area (Å²) in [4.78, 5) is 7.83. The summed E-state index contributed by atoms with van der Waals surface area (Å²) >= 11 is 6.02. The first-order valence-corrected chi connectivity index (χ1v) is 5.32. The molecule has 1 N–H and O–H groups in total. The maximum Gasteiger partial charge on any atom is 0.151 e. The average Bonchev–Trinajstić information content (AvgIpc) is 2.35. The van der Waals surface area contributed by atoms with Gasteiger partial charge in [-0.2, -0.15) is 5.26 Å². The number of aromatic nitrogens is 2. The second-order valence-electron chi connectivity index (χ2n) is 3.43. The van der Waals surface area contributed by atoms with Crippen LogP contribution in [0.4, 0.5) is 11.5 Å². The maximum atomic E-state index is 8.92. The van der Waals surface area contributed by atoms with Gasteiger partial charge < -0.3 is 5.32 Å². The van der Waals surface area contributed by atoms with Crippen LogP contribution in [0.3, 0.4) is 0 Å². The smallest absolute Gasteiger partial charge is 0.151 e. The third-order valence-electron chi connectivity index (χ3n) is 2.35. The van der Waals surface area contributed by atoms with Crippen molar-refractivity contribution in [2.75, 3.05) is 5.32 Å². The Balaban J connectivity index is 2.39. The van der Waals surface area contributed by atoms with Crippen LogP contribution in [-0.4, -0.2) is 9.97 Å². The molecule has 0 aliphatic rings. The van der Waals surface area contributed by atoms with E-state index in [2.05, 4.69) is 15.3 Å². The van der Waals surface area contributed by atoms with E-state index in [9.17, 15) is 0 Å². The van der Waals surface area contributed by atoms with Gasteiger partial charge in [0.1, 0.15) is 18.0 Å². The number of nitriles is 1. The molecule has 0 radical (unpaired) electrons. The molecule has 0 amide bonds. The van der Waals surface area contributed by atoms with Crippen molar-refractivity contribution in [3.8, 4) is 6.07 Å². The quantitative estimate of drug-likeness (QED) is 0.882. The fourth-order valence-electron chi connectivity index (χ4n) is 1.38. The van der Waals surface area contributed by atoms with E-state index in [1.165, 1.54) is 12.5 Å². The van der Waals surface area contributed by atoms with E-state index in [1.807, 2.05) is 31.2 Å². The Kier molecular flexibility index (Phi) is 3.22. The SMILES string of the molecule is Cc1c(Cl)cccc1Nc1ncncc1C#N. The zero-order chi connectivity index (χ0) is 12.3. The van der Waals surface area contributed by atoms with Crippen LogP contribution in [0, 0.1) is 18.3 Å². The molecular weight excluding hydrogens is 236 g/mol. The first kappa shape index (κ1) is 11.4. The fraction of sp³-hybridized carbons (Fsp3) is 0.0833. The van der Waals surface area contributed by atoms with Gasteiger partial charge in [0, 0.05) is 10.7 Å². The Morgan fingerprint density at radius 3 is 3.00 bits per heavy atom. The summed E-state index contributed by atoms with van der Waals surface area (Å²) in [6.07, 6.45) is 2.86. The third-order valence-corrected chi connectivity index (χ3v) is 2.76. The number of rotatable bonds is 2. The minimum Gasteiger partial charge on any atom is -0.339 e. The van der Waals surface area contributed by atoms with E-state index in [1.54, 1.807) is 0 Å². The van der Waals surface area contributed by atoms with Crippen molar-refractivity contribution in [1.29, 1.82) is 5.26 Å². The molecule has 0 bridgehead atoms. The molecule has 0 aliphatic heterocycles. The molecule has 0 saturated carbocycles. The van der Waals surface area contributed by atoms with Crippen molar-refractivity contribution >= 4 is 23.1 Å². The zero-order valence-corrected chi connectivity index (χ0v) is 9.86. The molecule has 0 saturated heterocycles. The van der Waals surface area contributed by atoms with E-state index < -0.39 is 0 Å². The Morgan fingerprint density at radius 2 is 2.24 bits per heavy atom. The predicted octanol–water partition coefficient (Wildman–Crippen LogP) is 3.05. The maximum absolute atomic E-state index is 8.92. The van der Waals surface area contributed by atoms with Gasteiger partial charge in [0.2, 0.25) is 0 Å². The second-order valence-corrected chi connectivity index (χ2v) is 3.84. The number of anilines is 2. The van der Waals surface area contributed by atoms with Crippen LogP contribution >= 0.6 is 11.6 Å². The molecule has 0 unspecified atom stereocenters. The highest BCUT2D eigenvalue weighted by molar-refractivity contribution is 6.31. The predicted molar refractivity (Wildman–Crippen MR) is 66.2 cm³/mol. The van der Waals surface area contributed by atoms with Crippen LogP contribution in [0.25, 0.3) is 0 Å². The van der Waals surface area contributed by atoms with E-state index in [4.69, 9.17) is 16.9 Å². The summed E-state index contributed by atoms with van der Waals surface area (Å²) < 4.78 is 0. The van der Waals surface area contributed by atoms with Crippen molar-refractivity contribution < 1.29 is 0 Å². The van der Waals surface area contributed by atoms with Crippen molar-refractivity contribution in [3.05, 3.63) is 46.9 Å². The van der Waals surface area contributed by atoms with E-state index >= 15 is 0 Å². The second kappa shape index (κ2) is 4.81. The first-order valence-electron chi connectivity index (χ1n) is 4.94. The summed E-state index contributed by atoms with van der Waals surface area (Å²) in [6, 6.07) is 7.56. The molecule has 2 aromatic rings. The molecular formula is C12H9ClN4. The summed E-state index contributed by atoms with van der Waals surface area (Å²) in [5, 5.41) is 12.7. The number of hydrogen-bond donors (Lipinski definition) is 1. The van der Waals surface area contributed by atoms with Gasteiger partial charge in [-0.05, 0) is 24.6 Å². The molecule has 1 heterocycles. The molecule has 1 aromatic heterocycles. The molecule has 0 fully saturated rings. The number of halogens is 1. The molecule has 84 valence electrons. The van der Waals surface area contributed by atoms with Crippen LogP contribution in [0.2, 0.25) is 5.02 Å². The van der Waals surface area contributed by atoms with Crippen LogP contribution < -0.4 is 5.32 Å². The molecule has 17 heavy (non-hydrogen) atoms. The van der Waals surface area contributed by atoms with Gasteiger partial charge in [0.15, 0.2) is 5.82 Å². The number of hydrogen-bond acceptors (Lipinski definition) is 4. The molecule has 0 atom stereocenters. The molecule has 0 spiro atoms. The van der Waals surface area contributed by atoms with E-state index in [0.717, 1.165) is 11.3 Å². The van der Waals surface area contributed by atoms with E-state index in [0.29, 0.717) is 16.4 Å². The first-order chi connectivity index (χ1) is 8.22. The van der Waals surface area contributed by atoms with Crippen LogP contribution in [0.5, 0.6) is 0 Å². The summed E-state index contributed by atoms with van der Waals surface area (Å²) in [6.45, 7) is 1.90. The van der Waals surface area contributed by atoms with Gasteiger partial charge in [-0.3, -0.25) is 0 Å². The molecule has 1 aromatic carbocycles.